The smallest absolute Gasteiger partial charge is 0.416 e. The largest absolute Gasteiger partial charge is 0.493 e. The number of hydrogen-bond acceptors (Lipinski definition) is 4. The highest BCUT2D eigenvalue weighted by molar-refractivity contribution is 5.69. The van der Waals surface area contributed by atoms with Gasteiger partial charge in [0.25, 0.3) is 0 Å². The second kappa shape index (κ2) is 13.4. The lowest BCUT2D eigenvalue weighted by Crippen LogP contribution is -2.16. The molecule has 1 unspecified atom stereocenters. The molecule has 0 bridgehead atoms. The molecule has 1 aliphatic rings. The third-order valence-corrected chi connectivity index (χ3v) is 5.62. The predicted octanol–water partition coefficient (Wildman–Crippen LogP) is 6.49. The third-order valence-electron chi connectivity index (χ3n) is 5.62. The summed E-state index contributed by atoms with van der Waals surface area (Å²) < 4.78 is 48.9. The predicted molar refractivity (Wildman–Crippen MR) is 122 cm³/mol. The van der Waals surface area contributed by atoms with Crippen LogP contribution in [0.4, 0.5) is 13.2 Å². The molecule has 0 amide bonds. The Hall–Kier alpha value is -2.28. The van der Waals surface area contributed by atoms with E-state index in [4.69, 9.17) is 9.47 Å². The molecule has 1 saturated carbocycles. The highest BCUT2D eigenvalue weighted by atomic mass is 19.4. The van der Waals surface area contributed by atoms with Crippen molar-refractivity contribution >= 4 is 5.97 Å². The summed E-state index contributed by atoms with van der Waals surface area (Å²) in [6.45, 7) is 3.94. The number of rotatable bonds is 12. The van der Waals surface area contributed by atoms with Crippen LogP contribution in [0.25, 0.3) is 0 Å². The van der Waals surface area contributed by atoms with Gasteiger partial charge in [0.2, 0.25) is 0 Å². The van der Waals surface area contributed by atoms with Crippen molar-refractivity contribution in [3.63, 3.8) is 0 Å². The Morgan fingerprint density at radius 1 is 1.18 bits per heavy atom. The summed E-state index contributed by atoms with van der Waals surface area (Å²) in [5, 5.41) is 10.3. The number of ether oxygens (including phenoxy) is 2. The molecule has 1 aromatic carbocycles. The van der Waals surface area contributed by atoms with Crippen LogP contribution >= 0.6 is 0 Å². The summed E-state index contributed by atoms with van der Waals surface area (Å²) in [5.74, 6) is 0.436. The normalized spacial score (nSPS) is 21.4. The SMILES string of the molecule is CC(C)OC(=O)CCC/C=C\C[C@H]1CC[C@@H](O)C1/C=C/CCOc1cccc(C(F)(F)F)c1. The molecule has 0 aliphatic heterocycles. The third kappa shape index (κ3) is 10.0. The number of aliphatic hydroxyl groups is 1. The molecule has 0 saturated heterocycles. The number of carbonyl (C=O) groups excluding carboxylic acids is 1. The number of esters is 1. The van der Waals surface area contributed by atoms with E-state index in [0.29, 0.717) is 18.8 Å². The van der Waals surface area contributed by atoms with E-state index < -0.39 is 11.7 Å². The Bertz CT molecular complexity index is 786. The van der Waals surface area contributed by atoms with Gasteiger partial charge in [-0.15, -0.1) is 0 Å². The van der Waals surface area contributed by atoms with E-state index in [1.54, 1.807) is 0 Å². The first-order valence-electron chi connectivity index (χ1n) is 11.7. The van der Waals surface area contributed by atoms with Crippen LogP contribution in [0.2, 0.25) is 0 Å². The zero-order chi connectivity index (χ0) is 24.3. The van der Waals surface area contributed by atoms with Crippen LogP contribution in [0, 0.1) is 11.8 Å². The van der Waals surface area contributed by atoms with Crippen LogP contribution < -0.4 is 4.74 Å². The fourth-order valence-electron chi connectivity index (χ4n) is 3.98. The topological polar surface area (TPSA) is 55.8 Å². The molecule has 7 heteroatoms. The number of benzene rings is 1. The maximum atomic E-state index is 12.8. The number of halogens is 3. The van der Waals surface area contributed by atoms with Gasteiger partial charge < -0.3 is 14.6 Å². The van der Waals surface area contributed by atoms with Crippen LogP contribution in [-0.2, 0) is 15.7 Å². The zero-order valence-electron chi connectivity index (χ0n) is 19.4. The number of allylic oxidation sites excluding steroid dienone is 2. The first kappa shape index (κ1) is 27.0. The van der Waals surface area contributed by atoms with E-state index >= 15 is 0 Å². The maximum Gasteiger partial charge on any atom is 0.416 e. The molecule has 33 heavy (non-hydrogen) atoms. The molecule has 4 nitrogen and oxygen atoms in total. The molecule has 1 aliphatic carbocycles. The van der Waals surface area contributed by atoms with Gasteiger partial charge in [0.15, 0.2) is 0 Å². The van der Waals surface area contributed by atoms with Crippen LogP contribution in [0.3, 0.4) is 0 Å². The number of alkyl halides is 3. The molecule has 3 atom stereocenters. The summed E-state index contributed by atoms with van der Waals surface area (Å²) in [6.07, 6.45) is 8.39. The molecular formula is C26H35F3O4. The summed E-state index contributed by atoms with van der Waals surface area (Å²) in [4.78, 5) is 11.5. The van der Waals surface area contributed by atoms with E-state index in [1.807, 2.05) is 26.0 Å². The average molecular weight is 469 g/mol. The van der Waals surface area contributed by atoms with Crippen LogP contribution in [0.5, 0.6) is 5.75 Å². The molecule has 0 spiro atoms. The van der Waals surface area contributed by atoms with E-state index in [0.717, 1.165) is 44.2 Å². The van der Waals surface area contributed by atoms with Gasteiger partial charge in [-0.2, -0.15) is 13.2 Å². The molecule has 0 aromatic heterocycles. The molecule has 1 aromatic rings. The van der Waals surface area contributed by atoms with E-state index in [-0.39, 0.29) is 36.5 Å². The minimum Gasteiger partial charge on any atom is -0.493 e. The van der Waals surface area contributed by atoms with Crippen molar-refractivity contribution in [2.24, 2.45) is 11.8 Å². The summed E-state index contributed by atoms with van der Waals surface area (Å²) in [5.41, 5.74) is -0.726. The minimum atomic E-state index is -4.39. The molecule has 1 fully saturated rings. The Balaban J connectivity index is 1.70. The molecule has 0 heterocycles. The quantitative estimate of drug-likeness (QED) is 0.217. The average Bonchev–Trinajstić information content (AvgIpc) is 3.09. The lowest BCUT2D eigenvalue weighted by atomic mass is 9.91. The van der Waals surface area contributed by atoms with E-state index in [1.165, 1.54) is 12.1 Å². The Morgan fingerprint density at radius 3 is 2.70 bits per heavy atom. The molecule has 2 rings (SSSR count). The fraction of sp³-hybridized carbons (Fsp3) is 0.577. The summed E-state index contributed by atoms with van der Waals surface area (Å²) >= 11 is 0. The monoisotopic (exact) mass is 468 g/mol. The fourth-order valence-corrected chi connectivity index (χ4v) is 3.98. The second-order valence-electron chi connectivity index (χ2n) is 8.71. The van der Waals surface area contributed by atoms with Crippen molar-refractivity contribution in [1.29, 1.82) is 0 Å². The van der Waals surface area contributed by atoms with Gasteiger partial charge in [-0.25, -0.2) is 0 Å². The first-order chi connectivity index (χ1) is 15.7. The van der Waals surface area contributed by atoms with Crippen LogP contribution in [0.1, 0.15) is 64.4 Å². The van der Waals surface area contributed by atoms with Gasteiger partial charge in [0.05, 0.1) is 24.4 Å². The van der Waals surface area contributed by atoms with Crippen molar-refractivity contribution < 1.29 is 32.5 Å². The number of hydrogen-bond donors (Lipinski definition) is 1. The van der Waals surface area contributed by atoms with Crippen molar-refractivity contribution in [1.82, 2.24) is 0 Å². The van der Waals surface area contributed by atoms with Crippen LogP contribution in [0.15, 0.2) is 48.6 Å². The van der Waals surface area contributed by atoms with Crippen molar-refractivity contribution in [3.8, 4) is 5.75 Å². The summed E-state index contributed by atoms with van der Waals surface area (Å²) in [6, 6.07) is 4.86. The Morgan fingerprint density at radius 2 is 1.97 bits per heavy atom. The standard InChI is InChI=1S/C26H35F3O4/c1-19(2)33-25(31)14-6-4-3-5-10-20-15-16-24(30)23(20)13-7-8-17-32-22-12-9-11-21(18-22)26(27,28)29/h3,5,7,9,11-13,18-20,23-24,30H,4,6,8,10,14-17H2,1-2H3/b5-3-,13-7+/t20-,23?,24+/m0/s1. The van der Waals surface area contributed by atoms with E-state index in [9.17, 15) is 23.1 Å². The Labute approximate surface area is 194 Å². The van der Waals surface area contributed by atoms with E-state index in [2.05, 4.69) is 12.2 Å². The van der Waals surface area contributed by atoms with Gasteiger partial charge in [-0.1, -0.05) is 30.4 Å². The number of aliphatic hydroxyl groups excluding tert-OH is 1. The number of carbonyl (C=O) groups is 1. The minimum absolute atomic E-state index is 0.0595. The molecule has 1 N–H and O–H groups in total. The lowest BCUT2D eigenvalue weighted by Gasteiger charge is -2.17. The number of unbranched alkanes of at least 4 members (excludes halogenated alkanes) is 1. The van der Waals surface area contributed by atoms with Crippen molar-refractivity contribution in [2.45, 2.75) is 77.2 Å². The molecular weight excluding hydrogens is 433 g/mol. The lowest BCUT2D eigenvalue weighted by molar-refractivity contribution is -0.147. The highest BCUT2D eigenvalue weighted by Gasteiger charge is 2.32. The van der Waals surface area contributed by atoms with Crippen molar-refractivity contribution in [3.05, 3.63) is 54.1 Å². The second-order valence-corrected chi connectivity index (χ2v) is 8.71. The first-order valence-corrected chi connectivity index (χ1v) is 11.7. The van der Waals surface area contributed by atoms with Crippen molar-refractivity contribution in [2.75, 3.05) is 6.61 Å². The molecule has 184 valence electrons. The zero-order valence-corrected chi connectivity index (χ0v) is 19.4. The molecule has 0 radical (unpaired) electrons. The van der Waals surface area contributed by atoms with Gasteiger partial charge in [-0.05, 0) is 76.5 Å². The summed E-state index contributed by atoms with van der Waals surface area (Å²) in [7, 11) is 0. The Kier molecular flexibility index (Phi) is 11.0. The maximum absolute atomic E-state index is 12.8. The van der Waals surface area contributed by atoms with Crippen LogP contribution in [-0.4, -0.2) is 29.9 Å². The van der Waals surface area contributed by atoms with Gasteiger partial charge in [-0.3, -0.25) is 4.79 Å². The highest BCUT2D eigenvalue weighted by Crippen LogP contribution is 2.36. The van der Waals surface area contributed by atoms with Gasteiger partial charge in [0.1, 0.15) is 5.75 Å². The van der Waals surface area contributed by atoms with Gasteiger partial charge >= 0.3 is 12.1 Å². The van der Waals surface area contributed by atoms with Gasteiger partial charge in [0, 0.05) is 12.3 Å².